The molecule has 0 spiro atoms. The number of nitrogens with one attached hydrogen (secondary N) is 1. The summed E-state index contributed by atoms with van der Waals surface area (Å²) in [5, 5.41) is 4.30. The van der Waals surface area contributed by atoms with Crippen molar-refractivity contribution in [1.29, 1.82) is 0 Å². The first-order chi connectivity index (χ1) is 17.1. The minimum absolute atomic E-state index is 0.147. The lowest BCUT2D eigenvalue weighted by Crippen LogP contribution is -2.22. The molecule has 6 rings (SSSR count). The fourth-order valence-electron chi connectivity index (χ4n) is 4.62. The quantitative estimate of drug-likeness (QED) is 0.256. The molecule has 5 nitrogen and oxygen atoms in total. The average Bonchev–Trinajstić information content (AvgIpc) is 3.27. The molecule has 35 heavy (non-hydrogen) atoms. The number of aromatic nitrogens is 2. The maximum atomic E-state index is 13.5. The average molecular weight is 540 g/mol. The van der Waals surface area contributed by atoms with Gasteiger partial charge in [-0.3, -0.25) is 9.59 Å². The van der Waals surface area contributed by atoms with Crippen LogP contribution in [0, 0.1) is 0 Å². The molecule has 3 aromatic carbocycles. The summed E-state index contributed by atoms with van der Waals surface area (Å²) in [4.78, 5) is 37.8. The highest BCUT2D eigenvalue weighted by molar-refractivity contribution is 9.10. The highest BCUT2D eigenvalue weighted by Gasteiger charge is 2.31. The zero-order chi connectivity index (χ0) is 24.1. The molecule has 2 aromatic heterocycles. The predicted octanol–water partition coefficient (Wildman–Crippen LogP) is 7.20. The van der Waals surface area contributed by atoms with Crippen LogP contribution in [-0.2, 0) is 6.42 Å². The number of anilines is 2. The molecule has 0 radical (unpaired) electrons. The van der Waals surface area contributed by atoms with Gasteiger partial charge in [-0.1, -0.05) is 71.4 Å². The largest absolute Gasteiger partial charge is 0.339 e. The lowest BCUT2D eigenvalue weighted by Gasteiger charge is -2.20. The molecule has 0 fully saturated rings. The number of nitrogens with zero attached hydrogens (tertiary/aromatic N) is 2. The molecule has 0 saturated heterocycles. The van der Waals surface area contributed by atoms with E-state index in [-0.39, 0.29) is 11.6 Å². The van der Waals surface area contributed by atoms with Crippen LogP contribution < -0.4 is 5.32 Å². The Hall–Kier alpha value is -3.68. The van der Waals surface area contributed by atoms with Gasteiger partial charge in [0, 0.05) is 31.6 Å². The van der Waals surface area contributed by atoms with E-state index in [9.17, 15) is 9.59 Å². The third-order valence-corrected chi connectivity index (χ3v) is 7.99. The second-order valence-electron chi connectivity index (χ2n) is 8.22. The summed E-state index contributed by atoms with van der Waals surface area (Å²) >= 11 is 5.16. The Balaban J connectivity index is 1.53. The number of carbonyl (C=O) groups is 2. The number of carbonyl (C=O) groups excluding carboxylic acids is 2. The molecule has 2 heterocycles. The number of hydrogen-bond acceptors (Lipinski definition) is 6. The van der Waals surface area contributed by atoms with E-state index in [1.165, 1.54) is 11.2 Å². The first-order valence-corrected chi connectivity index (χ1v) is 12.8. The molecule has 1 aliphatic rings. The van der Waals surface area contributed by atoms with Gasteiger partial charge in [0.1, 0.15) is 17.0 Å². The van der Waals surface area contributed by atoms with Gasteiger partial charge in [0.25, 0.3) is 0 Å². The van der Waals surface area contributed by atoms with Crippen LogP contribution in [0.2, 0.25) is 0 Å². The molecule has 0 bridgehead atoms. The number of fused-ring (bicyclic) bond motifs is 3. The highest BCUT2D eigenvalue weighted by atomic mass is 79.9. The molecular formula is C28H18BrN3O2S. The van der Waals surface area contributed by atoms with Gasteiger partial charge in [0.05, 0.1) is 16.6 Å². The van der Waals surface area contributed by atoms with Gasteiger partial charge in [0.2, 0.25) is 0 Å². The van der Waals surface area contributed by atoms with Crippen LogP contribution in [0.5, 0.6) is 0 Å². The molecule has 0 saturated carbocycles. The Kier molecular flexibility index (Phi) is 5.31. The second kappa shape index (κ2) is 8.52. The third kappa shape index (κ3) is 3.50. The van der Waals surface area contributed by atoms with E-state index in [1.54, 1.807) is 47.7 Å². The van der Waals surface area contributed by atoms with Gasteiger partial charge in [-0.15, -0.1) is 11.3 Å². The van der Waals surface area contributed by atoms with E-state index in [0.29, 0.717) is 33.8 Å². The van der Waals surface area contributed by atoms with Crippen LogP contribution in [0.3, 0.4) is 0 Å². The number of benzene rings is 3. The standard InChI is InChI=1S/C28H18BrN3O2S/c1-2-21-22(15-10-12-16(29)13-11-15)24-27(30-14-31-28(24)35-21)32-20-9-5-8-19-23(20)26(34)18-7-4-3-6-17(18)25(19)33/h3-14H,2H2,1H3,(H,30,31,32). The summed E-state index contributed by atoms with van der Waals surface area (Å²) in [7, 11) is 0. The minimum atomic E-state index is -0.170. The minimum Gasteiger partial charge on any atom is -0.339 e. The molecular weight excluding hydrogens is 522 g/mol. The lowest BCUT2D eigenvalue weighted by molar-refractivity contribution is 0.0979. The smallest absolute Gasteiger partial charge is 0.196 e. The molecule has 0 unspecified atom stereocenters. The van der Waals surface area contributed by atoms with Crippen molar-refractivity contribution in [2.45, 2.75) is 13.3 Å². The van der Waals surface area contributed by atoms with Crippen molar-refractivity contribution in [2.24, 2.45) is 0 Å². The fraction of sp³-hybridized carbons (Fsp3) is 0.0714. The zero-order valence-corrected chi connectivity index (χ0v) is 21.0. The summed E-state index contributed by atoms with van der Waals surface area (Å²) in [5.41, 5.74) is 4.35. The molecule has 5 aromatic rings. The molecule has 0 amide bonds. The van der Waals surface area contributed by atoms with Crippen LogP contribution >= 0.6 is 27.3 Å². The Morgan fingerprint density at radius 1 is 0.829 bits per heavy atom. The maximum Gasteiger partial charge on any atom is 0.196 e. The van der Waals surface area contributed by atoms with Crippen molar-refractivity contribution in [1.82, 2.24) is 9.97 Å². The number of rotatable bonds is 4. The SMILES string of the molecule is CCc1sc2ncnc(Nc3cccc4c3C(=O)c3ccccc3C4=O)c2c1-c1ccc(Br)cc1. The van der Waals surface area contributed by atoms with Gasteiger partial charge in [-0.2, -0.15) is 0 Å². The Morgan fingerprint density at radius 2 is 1.54 bits per heavy atom. The van der Waals surface area contributed by atoms with Crippen molar-refractivity contribution < 1.29 is 9.59 Å². The Bertz CT molecular complexity index is 1660. The van der Waals surface area contributed by atoms with Crippen molar-refractivity contribution in [2.75, 3.05) is 5.32 Å². The maximum absolute atomic E-state index is 13.5. The van der Waals surface area contributed by atoms with Gasteiger partial charge in [0.15, 0.2) is 11.6 Å². The van der Waals surface area contributed by atoms with Crippen molar-refractivity contribution in [3.63, 3.8) is 0 Å². The monoisotopic (exact) mass is 539 g/mol. The normalized spacial score (nSPS) is 12.5. The number of thiophene rings is 1. The van der Waals surface area contributed by atoms with Crippen molar-refractivity contribution in [3.8, 4) is 11.1 Å². The summed E-state index contributed by atoms with van der Waals surface area (Å²) in [6, 6.07) is 20.5. The Morgan fingerprint density at radius 3 is 2.29 bits per heavy atom. The molecule has 7 heteroatoms. The van der Waals surface area contributed by atoms with Gasteiger partial charge in [-0.05, 0) is 30.2 Å². The van der Waals surface area contributed by atoms with E-state index in [4.69, 9.17) is 0 Å². The van der Waals surface area contributed by atoms with Crippen LogP contribution in [0.4, 0.5) is 11.5 Å². The summed E-state index contributed by atoms with van der Waals surface area (Å²) in [6.07, 6.45) is 2.39. The van der Waals surface area contributed by atoms with Crippen molar-refractivity contribution >= 4 is 60.6 Å². The number of ketones is 2. The second-order valence-corrected chi connectivity index (χ2v) is 10.2. The van der Waals surface area contributed by atoms with Gasteiger partial charge >= 0.3 is 0 Å². The Labute approximate surface area is 214 Å². The van der Waals surface area contributed by atoms with E-state index in [1.807, 2.05) is 18.2 Å². The molecule has 1 aliphatic carbocycles. The number of halogens is 1. The van der Waals surface area contributed by atoms with Crippen LogP contribution in [0.25, 0.3) is 21.3 Å². The topological polar surface area (TPSA) is 72.0 Å². The van der Waals surface area contributed by atoms with E-state index >= 15 is 0 Å². The molecule has 170 valence electrons. The molecule has 0 aliphatic heterocycles. The summed E-state index contributed by atoms with van der Waals surface area (Å²) in [6.45, 7) is 2.13. The van der Waals surface area contributed by atoms with E-state index in [2.05, 4.69) is 50.3 Å². The van der Waals surface area contributed by atoms with Crippen LogP contribution in [0.1, 0.15) is 43.6 Å². The predicted molar refractivity (Wildman–Crippen MR) is 143 cm³/mol. The zero-order valence-electron chi connectivity index (χ0n) is 18.6. The van der Waals surface area contributed by atoms with E-state index in [0.717, 1.165) is 32.2 Å². The van der Waals surface area contributed by atoms with Crippen LogP contribution in [0.15, 0.2) is 77.5 Å². The number of aryl methyl sites for hydroxylation is 1. The van der Waals surface area contributed by atoms with Gasteiger partial charge in [-0.25, -0.2) is 9.97 Å². The first-order valence-electron chi connectivity index (χ1n) is 11.2. The summed E-state index contributed by atoms with van der Waals surface area (Å²) < 4.78 is 1.01. The van der Waals surface area contributed by atoms with Gasteiger partial charge < -0.3 is 5.32 Å². The molecule has 1 N–H and O–H groups in total. The van der Waals surface area contributed by atoms with Crippen molar-refractivity contribution in [3.05, 3.63) is 105 Å². The fourth-order valence-corrected chi connectivity index (χ4v) is 5.99. The first kappa shape index (κ1) is 21.8. The highest BCUT2D eigenvalue weighted by Crippen LogP contribution is 2.43. The van der Waals surface area contributed by atoms with E-state index < -0.39 is 0 Å². The lowest BCUT2D eigenvalue weighted by atomic mass is 9.83. The van der Waals surface area contributed by atoms with Crippen LogP contribution in [-0.4, -0.2) is 21.5 Å². The third-order valence-electron chi connectivity index (χ3n) is 6.22. The molecule has 0 atom stereocenters. The number of hydrogen-bond donors (Lipinski definition) is 1. The summed E-state index contributed by atoms with van der Waals surface area (Å²) in [5.74, 6) is 0.290.